The molecule has 9 nitrogen and oxygen atoms in total. The van der Waals surface area contributed by atoms with Gasteiger partial charge in [0.15, 0.2) is 11.5 Å². The van der Waals surface area contributed by atoms with Crippen LogP contribution in [-0.2, 0) is 20.0 Å². The van der Waals surface area contributed by atoms with Gasteiger partial charge in [-0.25, -0.2) is 21.6 Å². The SMILES string of the molecule is CCS(=O)(=O)N1C[C@@H](NS(=O)(=O)c2ccc(C)cc2)[C@H](O)[C@@H](N2c3ccccc3Oc3ccccc32)C1. The van der Waals surface area contributed by atoms with E-state index in [4.69, 9.17) is 4.74 Å². The van der Waals surface area contributed by atoms with Gasteiger partial charge in [0.25, 0.3) is 0 Å². The van der Waals surface area contributed by atoms with Crippen molar-refractivity contribution in [1.82, 2.24) is 9.03 Å². The Bertz CT molecular complexity index is 1460. The molecule has 0 aromatic heterocycles. The van der Waals surface area contributed by atoms with E-state index < -0.39 is 38.2 Å². The van der Waals surface area contributed by atoms with Gasteiger partial charge in [-0.3, -0.25) is 0 Å². The van der Waals surface area contributed by atoms with Gasteiger partial charge < -0.3 is 14.7 Å². The Morgan fingerprint density at radius 1 is 0.892 bits per heavy atom. The molecule has 0 amide bonds. The van der Waals surface area contributed by atoms with Crippen LogP contribution in [0.4, 0.5) is 11.4 Å². The number of hydrogen-bond donors (Lipinski definition) is 2. The molecule has 2 heterocycles. The molecular weight excluding hydrogens is 514 g/mol. The maximum absolute atomic E-state index is 13.2. The molecule has 5 rings (SSSR count). The molecule has 0 saturated carbocycles. The number of fused-ring (bicyclic) bond motifs is 2. The van der Waals surface area contributed by atoms with Gasteiger partial charge in [-0.1, -0.05) is 42.0 Å². The van der Waals surface area contributed by atoms with Gasteiger partial charge in [0.1, 0.15) is 0 Å². The van der Waals surface area contributed by atoms with E-state index in [9.17, 15) is 21.9 Å². The number of sulfonamides is 2. The Hall–Kier alpha value is -2.96. The summed E-state index contributed by atoms with van der Waals surface area (Å²) in [4.78, 5) is 1.89. The average molecular weight is 544 g/mol. The zero-order valence-electron chi connectivity index (χ0n) is 20.5. The van der Waals surface area contributed by atoms with Crippen LogP contribution in [0.2, 0.25) is 0 Å². The van der Waals surface area contributed by atoms with Crippen LogP contribution >= 0.6 is 0 Å². The van der Waals surface area contributed by atoms with E-state index >= 15 is 0 Å². The lowest BCUT2D eigenvalue weighted by molar-refractivity contribution is 0.0646. The first-order valence-electron chi connectivity index (χ1n) is 12.0. The van der Waals surface area contributed by atoms with Gasteiger partial charge in [-0.05, 0) is 50.2 Å². The van der Waals surface area contributed by atoms with Gasteiger partial charge in [0.05, 0.1) is 40.2 Å². The average Bonchev–Trinajstić information content (AvgIpc) is 2.88. The van der Waals surface area contributed by atoms with Gasteiger partial charge in [-0.15, -0.1) is 0 Å². The van der Waals surface area contributed by atoms with Gasteiger partial charge in [0, 0.05) is 13.1 Å². The minimum Gasteiger partial charge on any atom is -0.453 e. The Kier molecular flexibility index (Phi) is 6.75. The van der Waals surface area contributed by atoms with Crippen molar-refractivity contribution in [3.8, 4) is 11.5 Å². The summed E-state index contributed by atoms with van der Waals surface area (Å²) in [7, 11) is -7.74. The first-order valence-corrected chi connectivity index (χ1v) is 15.1. The molecule has 2 aliphatic heterocycles. The highest BCUT2D eigenvalue weighted by Gasteiger charge is 2.46. The molecule has 0 spiro atoms. The summed E-state index contributed by atoms with van der Waals surface area (Å²) in [6.45, 7) is 3.18. The minimum absolute atomic E-state index is 0.0250. The normalized spacial score (nSPS) is 22.1. The van der Waals surface area contributed by atoms with Crippen molar-refractivity contribution in [2.24, 2.45) is 0 Å². The molecule has 37 heavy (non-hydrogen) atoms. The van der Waals surface area contributed by atoms with Crippen molar-refractivity contribution < 1.29 is 26.7 Å². The first-order chi connectivity index (χ1) is 17.6. The Morgan fingerprint density at radius 2 is 1.46 bits per heavy atom. The summed E-state index contributed by atoms with van der Waals surface area (Å²) >= 11 is 0. The highest BCUT2D eigenvalue weighted by atomic mass is 32.2. The fourth-order valence-electron chi connectivity index (χ4n) is 4.81. The fourth-order valence-corrected chi connectivity index (χ4v) is 7.19. The molecule has 11 heteroatoms. The number of aliphatic hydroxyl groups is 1. The second-order valence-corrected chi connectivity index (χ2v) is 13.2. The van der Waals surface area contributed by atoms with Crippen molar-refractivity contribution in [2.45, 2.75) is 36.9 Å². The molecule has 2 aliphatic rings. The van der Waals surface area contributed by atoms with E-state index in [1.54, 1.807) is 31.2 Å². The van der Waals surface area contributed by atoms with Crippen molar-refractivity contribution >= 4 is 31.4 Å². The maximum Gasteiger partial charge on any atom is 0.240 e. The highest BCUT2D eigenvalue weighted by molar-refractivity contribution is 7.89. The Labute approximate surface area is 217 Å². The van der Waals surface area contributed by atoms with E-state index in [0.29, 0.717) is 22.9 Å². The number of aliphatic hydroxyl groups excluding tert-OH is 1. The molecular formula is C26H29N3O6S2. The molecule has 0 bridgehead atoms. The van der Waals surface area contributed by atoms with Crippen LogP contribution in [0.3, 0.4) is 0 Å². The monoisotopic (exact) mass is 543 g/mol. The van der Waals surface area contributed by atoms with Gasteiger partial charge in [-0.2, -0.15) is 4.31 Å². The Balaban J connectivity index is 1.57. The number of anilines is 2. The van der Waals surface area contributed by atoms with Crippen molar-refractivity contribution in [3.05, 3.63) is 78.4 Å². The van der Waals surface area contributed by atoms with Crippen LogP contribution in [0.15, 0.2) is 77.7 Å². The summed E-state index contributed by atoms with van der Waals surface area (Å²) in [6.07, 6.45) is -1.23. The molecule has 3 aromatic rings. The number of hydrogen-bond acceptors (Lipinski definition) is 7. The molecule has 0 unspecified atom stereocenters. The van der Waals surface area contributed by atoms with Crippen molar-refractivity contribution in [1.29, 1.82) is 0 Å². The minimum atomic E-state index is -4.04. The number of benzene rings is 3. The third kappa shape index (κ3) is 4.85. The Morgan fingerprint density at radius 3 is 2.03 bits per heavy atom. The molecule has 3 aromatic carbocycles. The number of ether oxygens (including phenoxy) is 1. The largest absolute Gasteiger partial charge is 0.453 e. The number of aryl methyl sites for hydroxylation is 1. The van der Waals surface area contributed by atoms with E-state index in [1.807, 2.05) is 48.2 Å². The summed E-state index contributed by atoms with van der Waals surface area (Å²) in [5.74, 6) is 0.963. The van der Waals surface area contributed by atoms with Crippen LogP contribution < -0.4 is 14.4 Å². The quantitative estimate of drug-likeness (QED) is 0.491. The predicted octanol–water partition coefficient (Wildman–Crippen LogP) is 2.98. The number of rotatable bonds is 6. The van der Waals surface area contributed by atoms with E-state index in [1.165, 1.54) is 16.4 Å². The molecule has 3 atom stereocenters. The van der Waals surface area contributed by atoms with E-state index in [2.05, 4.69) is 4.72 Å². The first kappa shape index (κ1) is 25.7. The fraction of sp³-hybridized carbons (Fsp3) is 0.308. The molecule has 0 radical (unpaired) electrons. The molecule has 1 fully saturated rings. The zero-order chi connectivity index (χ0) is 26.4. The van der Waals surface area contributed by atoms with Crippen LogP contribution in [0.1, 0.15) is 12.5 Å². The number of nitrogens with zero attached hydrogens (tertiary/aromatic N) is 2. The van der Waals surface area contributed by atoms with Gasteiger partial charge in [0.2, 0.25) is 20.0 Å². The molecule has 196 valence electrons. The standard InChI is InChI=1S/C26H29N3O6S2/c1-3-36(31,32)28-16-20(27-37(33,34)19-14-12-18(2)13-15-19)26(30)23(17-28)29-21-8-4-6-10-24(21)35-25-11-7-5-9-22(25)29/h4-15,20,23,26-27,30H,3,16-17H2,1-2H3/t20-,23+,26+/m1/s1. The number of piperidine rings is 1. The smallest absolute Gasteiger partial charge is 0.240 e. The lowest BCUT2D eigenvalue weighted by Gasteiger charge is -2.47. The lowest BCUT2D eigenvalue weighted by atomic mass is 9.96. The van der Waals surface area contributed by atoms with Crippen LogP contribution in [0.25, 0.3) is 0 Å². The summed E-state index contributed by atoms with van der Waals surface area (Å²) in [5.41, 5.74) is 2.21. The van der Waals surface area contributed by atoms with Crippen LogP contribution in [0, 0.1) is 6.92 Å². The van der Waals surface area contributed by atoms with Crippen LogP contribution in [-0.4, -0.2) is 63.3 Å². The molecule has 2 N–H and O–H groups in total. The van der Waals surface area contributed by atoms with E-state index in [0.717, 1.165) is 5.56 Å². The summed E-state index contributed by atoms with van der Waals surface area (Å²) in [6, 6.07) is 19.0. The topological polar surface area (TPSA) is 116 Å². The highest BCUT2D eigenvalue weighted by Crippen LogP contribution is 2.48. The number of para-hydroxylation sites is 4. The second kappa shape index (κ2) is 9.73. The zero-order valence-corrected chi connectivity index (χ0v) is 22.1. The number of nitrogens with one attached hydrogen (secondary N) is 1. The van der Waals surface area contributed by atoms with Gasteiger partial charge >= 0.3 is 0 Å². The summed E-state index contributed by atoms with van der Waals surface area (Å²) in [5, 5.41) is 11.6. The van der Waals surface area contributed by atoms with E-state index in [-0.39, 0.29) is 23.7 Å². The third-order valence-electron chi connectivity index (χ3n) is 6.79. The molecule has 0 aliphatic carbocycles. The maximum atomic E-state index is 13.2. The second-order valence-electron chi connectivity index (χ2n) is 9.22. The van der Waals surface area contributed by atoms with Crippen LogP contribution in [0.5, 0.6) is 11.5 Å². The van der Waals surface area contributed by atoms with Crippen molar-refractivity contribution in [3.63, 3.8) is 0 Å². The summed E-state index contributed by atoms with van der Waals surface area (Å²) < 4.78 is 62.4. The van der Waals surface area contributed by atoms with Crippen molar-refractivity contribution in [2.75, 3.05) is 23.7 Å². The lowest BCUT2D eigenvalue weighted by Crippen LogP contribution is -2.66. The third-order valence-corrected chi connectivity index (χ3v) is 10.1. The predicted molar refractivity (Wildman–Crippen MR) is 141 cm³/mol. The molecule has 1 saturated heterocycles.